The molecule has 3 atom stereocenters. The van der Waals surface area contributed by atoms with Crippen LogP contribution in [0, 0.1) is 10.1 Å². The largest absolute Gasteiger partial charge is 0.378 e. The third kappa shape index (κ3) is 3.65. The van der Waals surface area contributed by atoms with E-state index in [0.29, 0.717) is 38.0 Å². The van der Waals surface area contributed by atoms with Crippen LogP contribution in [0.5, 0.6) is 0 Å². The van der Waals surface area contributed by atoms with Gasteiger partial charge in [-0.15, -0.1) is 0 Å². The Morgan fingerprint density at radius 1 is 1.26 bits per heavy atom. The van der Waals surface area contributed by atoms with Gasteiger partial charge < -0.3 is 14.5 Å². The maximum atomic E-state index is 12.0. The van der Waals surface area contributed by atoms with Crippen LogP contribution in [0.25, 0.3) is 0 Å². The van der Waals surface area contributed by atoms with Crippen molar-refractivity contribution in [1.82, 2.24) is 9.88 Å². The van der Waals surface area contributed by atoms with Gasteiger partial charge in [0.1, 0.15) is 11.7 Å². The minimum Gasteiger partial charge on any atom is -0.378 e. The van der Waals surface area contributed by atoms with E-state index in [1.54, 1.807) is 24.0 Å². The van der Waals surface area contributed by atoms with Crippen LogP contribution in [0.1, 0.15) is 36.7 Å². The highest BCUT2D eigenvalue weighted by molar-refractivity contribution is 8.14. The van der Waals surface area contributed by atoms with Crippen LogP contribution in [-0.4, -0.2) is 58.1 Å². The predicted octanol–water partition coefficient (Wildman–Crippen LogP) is 3.81. The molecule has 162 valence electrons. The molecule has 1 aromatic carbocycles. The molecule has 2 fully saturated rings. The molecule has 9 heteroatoms. The molecular weight excluding hydrogens is 414 g/mol. The number of nitro groups is 1. The molecule has 3 aliphatic heterocycles. The van der Waals surface area contributed by atoms with Crippen molar-refractivity contribution in [2.45, 2.75) is 31.5 Å². The minimum atomic E-state index is -0.267. The summed E-state index contributed by atoms with van der Waals surface area (Å²) in [6, 6.07) is 11.6. The molecule has 0 aliphatic carbocycles. The molecular formula is C22H25N5O3S. The Kier molecular flexibility index (Phi) is 5.54. The van der Waals surface area contributed by atoms with E-state index in [2.05, 4.69) is 16.8 Å². The van der Waals surface area contributed by atoms with Gasteiger partial charge in [0, 0.05) is 37.1 Å². The zero-order valence-electron chi connectivity index (χ0n) is 17.4. The number of hydrogen-bond acceptors (Lipinski definition) is 8. The molecule has 8 nitrogen and oxygen atoms in total. The highest BCUT2D eigenvalue weighted by Gasteiger charge is 2.46. The smallest absolute Gasteiger partial charge is 0.292 e. The Hall–Kier alpha value is -2.65. The van der Waals surface area contributed by atoms with Crippen molar-refractivity contribution < 1.29 is 9.66 Å². The number of morpholine rings is 1. The van der Waals surface area contributed by atoms with E-state index in [9.17, 15) is 10.1 Å². The lowest BCUT2D eigenvalue weighted by molar-refractivity contribution is -0.384. The molecule has 0 radical (unpaired) electrons. The number of thioether (sulfide) groups is 1. The Morgan fingerprint density at radius 2 is 2.10 bits per heavy atom. The van der Waals surface area contributed by atoms with Crippen molar-refractivity contribution in [1.29, 1.82) is 0 Å². The van der Waals surface area contributed by atoms with E-state index < -0.39 is 0 Å². The van der Waals surface area contributed by atoms with E-state index in [4.69, 9.17) is 9.73 Å². The van der Waals surface area contributed by atoms with Crippen molar-refractivity contribution in [3.05, 3.63) is 64.0 Å². The molecule has 1 aromatic heterocycles. The first-order chi connectivity index (χ1) is 15.2. The summed E-state index contributed by atoms with van der Waals surface area (Å²) in [5.41, 5.74) is 2.62. The zero-order chi connectivity index (χ0) is 21.4. The van der Waals surface area contributed by atoms with Crippen LogP contribution < -0.4 is 4.90 Å². The molecule has 0 amide bonds. The molecule has 2 saturated heterocycles. The Morgan fingerprint density at radius 3 is 2.81 bits per heavy atom. The van der Waals surface area contributed by atoms with Gasteiger partial charge in [0.15, 0.2) is 5.17 Å². The van der Waals surface area contributed by atoms with Crippen LogP contribution in [0.2, 0.25) is 0 Å². The van der Waals surface area contributed by atoms with Gasteiger partial charge in [-0.05, 0) is 30.2 Å². The van der Waals surface area contributed by atoms with Crippen molar-refractivity contribution in [3.63, 3.8) is 0 Å². The average molecular weight is 440 g/mol. The van der Waals surface area contributed by atoms with Crippen LogP contribution in [-0.2, 0) is 4.74 Å². The van der Waals surface area contributed by atoms with Gasteiger partial charge in [-0.1, -0.05) is 30.8 Å². The van der Waals surface area contributed by atoms with Crippen LogP contribution in [0.3, 0.4) is 0 Å². The number of fused-ring (bicyclic) bond motifs is 1. The monoisotopic (exact) mass is 439 g/mol. The molecule has 0 saturated carbocycles. The molecule has 2 aromatic rings. The van der Waals surface area contributed by atoms with Crippen molar-refractivity contribution in [2.24, 2.45) is 4.99 Å². The zero-order valence-corrected chi connectivity index (χ0v) is 18.2. The fourth-order valence-electron chi connectivity index (χ4n) is 4.65. The topological polar surface area (TPSA) is 84.1 Å². The first kappa shape index (κ1) is 20.3. The molecule has 4 heterocycles. The van der Waals surface area contributed by atoms with Gasteiger partial charge in [0.2, 0.25) is 0 Å². The van der Waals surface area contributed by atoms with Gasteiger partial charge in [-0.3, -0.25) is 20.1 Å². The summed E-state index contributed by atoms with van der Waals surface area (Å²) in [7, 11) is 0. The summed E-state index contributed by atoms with van der Waals surface area (Å²) in [6.07, 6.45) is 2.79. The number of anilines is 1. The summed E-state index contributed by atoms with van der Waals surface area (Å²) in [6.45, 7) is 4.68. The predicted molar refractivity (Wildman–Crippen MR) is 122 cm³/mol. The molecule has 5 rings (SSSR count). The van der Waals surface area contributed by atoms with Crippen molar-refractivity contribution >= 4 is 28.3 Å². The Labute approximate surface area is 185 Å². The lowest BCUT2D eigenvalue weighted by Crippen LogP contribution is -2.37. The summed E-state index contributed by atoms with van der Waals surface area (Å²) >= 11 is 1.77. The molecule has 0 N–H and O–H groups in total. The van der Waals surface area contributed by atoms with E-state index in [0.717, 1.165) is 28.6 Å². The molecule has 0 spiro atoms. The van der Waals surface area contributed by atoms with E-state index in [1.807, 2.05) is 35.2 Å². The third-order valence-corrected chi connectivity index (χ3v) is 7.34. The maximum absolute atomic E-state index is 12.0. The number of hydrogen-bond donors (Lipinski definition) is 0. The van der Waals surface area contributed by atoms with Crippen molar-refractivity contribution in [3.8, 4) is 0 Å². The normalized spacial score (nSPS) is 25.5. The number of benzene rings is 1. The number of nitrogens with zero attached hydrogens (tertiary/aromatic N) is 5. The molecule has 0 unspecified atom stereocenters. The van der Waals surface area contributed by atoms with E-state index >= 15 is 0 Å². The van der Waals surface area contributed by atoms with Crippen LogP contribution in [0.15, 0.2) is 47.6 Å². The standard InChI is InChI=1S/C22H25N5O3S/c1-2-16-14-31-22-24-20(17-5-3-4-8-23-17)21(26(16)22)15-6-7-18(19(13-15)27(28)29)25-9-11-30-12-10-25/h3-8,13,16,20-21H,2,9-12,14H2,1H3/t16-,20+,21+/m0/s1. The maximum Gasteiger partial charge on any atom is 0.292 e. The molecule has 31 heavy (non-hydrogen) atoms. The number of amidine groups is 1. The first-order valence-corrected chi connectivity index (χ1v) is 11.7. The second-order valence-corrected chi connectivity index (χ2v) is 8.93. The van der Waals surface area contributed by atoms with Crippen LogP contribution in [0.4, 0.5) is 11.4 Å². The van der Waals surface area contributed by atoms with Gasteiger partial charge >= 0.3 is 0 Å². The van der Waals surface area contributed by atoms with E-state index in [-0.39, 0.29) is 22.7 Å². The fourth-order valence-corrected chi connectivity index (χ4v) is 5.99. The minimum absolute atomic E-state index is 0.0951. The highest BCUT2D eigenvalue weighted by Crippen LogP contribution is 2.49. The highest BCUT2D eigenvalue weighted by atomic mass is 32.2. The molecule has 3 aliphatic rings. The number of ether oxygens (including phenoxy) is 1. The number of aromatic nitrogens is 1. The summed E-state index contributed by atoms with van der Waals surface area (Å²) in [5.74, 6) is 0.995. The quantitative estimate of drug-likeness (QED) is 0.517. The third-order valence-electron chi connectivity index (χ3n) is 6.22. The average Bonchev–Trinajstić information content (AvgIpc) is 3.39. The summed E-state index contributed by atoms with van der Waals surface area (Å²) < 4.78 is 5.42. The second-order valence-electron chi connectivity index (χ2n) is 7.94. The fraction of sp³-hybridized carbons (Fsp3) is 0.455. The number of pyridine rings is 1. The first-order valence-electron chi connectivity index (χ1n) is 10.7. The lowest BCUT2D eigenvalue weighted by atomic mass is 9.94. The van der Waals surface area contributed by atoms with Crippen molar-refractivity contribution in [2.75, 3.05) is 37.0 Å². The van der Waals surface area contributed by atoms with Gasteiger partial charge in [-0.2, -0.15) is 0 Å². The lowest BCUT2D eigenvalue weighted by Gasteiger charge is -2.32. The van der Waals surface area contributed by atoms with E-state index in [1.165, 1.54) is 0 Å². The Balaban J connectivity index is 1.57. The van der Waals surface area contributed by atoms with Crippen LogP contribution >= 0.6 is 11.8 Å². The molecule has 0 bridgehead atoms. The number of nitro benzene ring substituents is 1. The Bertz CT molecular complexity index is 996. The number of aliphatic imine (C=N–C) groups is 1. The van der Waals surface area contributed by atoms with Gasteiger partial charge in [-0.25, -0.2) is 0 Å². The SMILES string of the molecule is CC[C@H]1CSC2=N[C@H](c3ccccn3)[C@@H](c3ccc(N4CCOCC4)c([N+](=O)[O-])c3)N21. The summed E-state index contributed by atoms with van der Waals surface area (Å²) in [5, 5.41) is 13.0. The van der Waals surface area contributed by atoms with Gasteiger partial charge in [0.05, 0.1) is 29.9 Å². The second kappa shape index (κ2) is 8.47. The van der Waals surface area contributed by atoms with Gasteiger partial charge in [0.25, 0.3) is 5.69 Å². The number of rotatable bonds is 5. The summed E-state index contributed by atoms with van der Waals surface area (Å²) in [4.78, 5) is 25.7.